The van der Waals surface area contributed by atoms with Crippen LogP contribution in [-0.2, 0) is 6.54 Å². The molecule has 0 bridgehead atoms. The van der Waals surface area contributed by atoms with Gasteiger partial charge in [0.1, 0.15) is 11.6 Å². The van der Waals surface area contributed by atoms with Crippen molar-refractivity contribution in [2.24, 2.45) is 0 Å². The second-order valence-corrected chi connectivity index (χ2v) is 4.87. The van der Waals surface area contributed by atoms with Crippen molar-refractivity contribution in [3.63, 3.8) is 0 Å². The molecule has 1 atom stereocenters. The molecular weight excluding hydrogens is 265 g/mol. The first-order valence-electron chi connectivity index (χ1n) is 6.89. The van der Waals surface area contributed by atoms with Gasteiger partial charge in [-0.1, -0.05) is 42.5 Å². The molecule has 0 fully saturated rings. The van der Waals surface area contributed by atoms with Gasteiger partial charge in [0.25, 0.3) is 0 Å². The zero-order valence-corrected chi connectivity index (χ0v) is 11.5. The highest BCUT2D eigenvalue weighted by Crippen LogP contribution is 2.22. The Labute approximate surface area is 123 Å². The number of nitrogens with one attached hydrogen (secondary N) is 1. The fourth-order valence-corrected chi connectivity index (χ4v) is 2.35. The summed E-state index contributed by atoms with van der Waals surface area (Å²) < 4.78 is 18.8. The van der Waals surface area contributed by atoms with Crippen LogP contribution in [0.15, 0.2) is 77.4 Å². The van der Waals surface area contributed by atoms with Gasteiger partial charge in [-0.3, -0.25) is 5.32 Å². The van der Waals surface area contributed by atoms with E-state index in [1.165, 1.54) is 12.1 Å². The molecule has 3 aromatic rings. The van der Waals surface area contributed by atoms with Crippen LogP contribution in [0.4, 0.5) is 4.39 Å². The summed E-state index contributed by atoms with van der Waals surface area (Å²) in [7, 11) is 0. The Bertz CT molecular complexity index is 679. The maximum atomic E-state index is 13.2. The lowest BCUT2D eigenvalue weighted by atomic mass is 10.0. The maximum Gasteiger partial charge on any atom is 0.125 e. The molecule has 0 saturated carbocycles. The van der Waals surface area contributed by atoms with Crippen LogP contribution >= 0.6 is 0 Å². The van der Waals surface area contributed by atoms with Crippen molar-refractivity contribution in [2.75, 3.05) is 0 Å². The van der Waals surface area contributed by atoms with Gasteiger partial charge in [0.2, 0.25) is 0 Å². The van der Waals surface area contributed by atoms with Crippen LogP contribution in [-0.4, -0.2) is 0 Å². The fraction of sp³-hybridized carbons (Fsp3) is 0.111. The smallest absolute Gasteiger partial charge is 0.125 e. The van der Waals surface area contributed by atoms with Gasteiger partial charge < -0.3 is 4.42 Å². The summed E-state index contributed by atoms with van der Waals surface area (Å²) in [6, 6.07) is 20.4. The Morgan fingerprint density at radius 3 is 2.52 bits per heavy atom. The minimum Gasteiger partial charge on any atom is -0.467 e. The van der Waals surface area contributed by atoms with E-state index in [9.17, 15) is 4.39 Å². The average molecular weight is 281 g/mol. The van der Waals surface area contributed by atoms with Gasteiger partial charge in [-0.2, -0.15) is 0 Å². The fourth-order valence-electron chi connectivity index (χ4n) is 2.35. The summed E-state index contributed by atoms with van der Waals surface area (Å²) in [6.07, 6.45) is 1.66. The predicted molar refractivity (Wildman–Crippen MR) is 80.2 cm³/mol. The molecule has 2 nitrogen and oxygen atoms in total. The Balaban J connectivity index is 1.80. The highest BCUT2D eigenvalue weighted by Gasteiger charge is 2.15. The van der Waals surface area contributed by atoms with E-state index in [0.29, 0.717) is 6.54 Å². The van der Waals surface area contributed by atoms with Crippen LogP contribution < -0.4 is 5.32 Å². The molecule has 3 rings (SSSR count). The Morgan fingerprint density at radius 1 is 0.952 bits per heavy atom. The molecule has 1 aromatic heterocycles. The molecule has 0 aliphatic carbocycles. The van der Waals surface area contributed by atoms with Gasteiger partial charge in [0, 0.05) is 6.54 Å². The SMILES string of the molecule is Fc1cccc(CNC(c2ccccc2)c2ccco2)c1. The Hall–Kier alpha value is -2.39. The van der Waals surface area contributed by atoms with E-state index in [0.717, 1.165) is 16.9 Å². The molecule has 1 N–H and O–H groups in total. The second kappa shape index (κ2) is 6.37. The van der Waals surface area contributed by atoms with E-state index in [2.05, 4.69) is 5.32 Å². The third-order valence-corrected chi connectivity index (χ3v) is 3.36. The quantitative estimate of drug-likeness (QED) is 0.754. The predicted octanol–water partition coefficient (Wildman–Crippen LogP) is 4.30. The summed E-state index contributed by atoms with van der Waals surface area (Å²) >= 11 is 0. The average Bonchev–Trinajstić information content (AvgIpc) is 3.03. The van der Waals surface area contributed by atoms with E-state index < -0.39 is 0 Å². The van der Waals surface area contributed by atoms with E-state index in [-0.39, 0.29) is 11.9 Å². The van der Waals surface area contributed by atoms with Crippen molar-refractivity contribution in [1.82, 2.24) is 5.32 Å². The Kier molecular flexibility index (Phi) is 4.12. The number of benzene rings is 2. The summed E-state index contributed by atoms with van der Waals surface area (Å²) in [5.41, 5.74) is 2.02. The van der Waals surface area contributed by atoms with Crippen LogP contribution in [0.3, 0.4) is 0 Å². The third-order valence-electron chi connectivity index (χ3n) is 3.36. The van der Waals surface area contributed by atoms with E-state index >= 15 is 0 Å². The number of halogens is 1. The van der Waals surface area contributed by atoms with Crippen molar-refractivity contribution in [1.29, 1.82) is 0 Å². The van der Waals surface area contributed by atoms with Gasteiger partial charge in [0.15, 0.2) is 0 Å². The van der Waals surface area contributed by atoms with Gasteiger partial charge in [-0.15, -0.1) is 0 Å². The van der Waals surface area contributed by atoms with E-state index in [1.807, 2.05) is 48.5 Å². The zero-order chi connectivity index (χ0) is 14.5. The van der Waals surface area contributed by atoms with Crippen molar-refractivity contribution in [2.45, 2.75) is 12.6 Å². The lowest BCUT2D eigenvalue weighted by molar-refractivity contribution is 0.445. The van der Waals surface area contributed by atoms with Gasteiger partial charge in [0.05, 0.1) is 12.3 Å². The molecule has 0 aliphatic rings. The lowest BCUT2D eigenvalue weighted by Crippen LogP contribution is -2.21. The van der Waals surface area contributed by atoms with Crippen molar-refractivity contribution in [3.05, 3.63) is 95.7 Å². The largest absolute Gasteiger partial charge is 0.467 e. The first kappa shape index (κ1) is 13.6. The normalized spacial score (nSPS) is 12.2. The third kappa shape index (κ3) is 3.38. The first-order valence-corrected chi connectivity index (χ1v) is 6.89. The molecule has 3 heteroatoms. The topological polar surface area (TPSA) is 25.2 Å². The molecule has 21 heavy (non-hydrogen) atoms. The zero-order valence-electron chi connectivity index (χ0n) is 11.5. The summed E-state index contributed by atoms with van der Waals surface area (Å²) in [5, 5.41) is 3.42. The molecule has 106 valence electrons. The molecule has 2 aromatic carbocycles. The summed E-state index contributed by atoms with van der Waals surface area (Å²) in [5.74, 6) is 0.626. The summed E-state index contributed by atoms with van der Waals surface area (Å²) in [4.78, 5) is 0. The van der Waals surface area contributed by atoms with Gasteiger partial charge >= 0.3 is 0 Å². The van der Waals surface area contributed by atoms with Crippen LogP contribution in [0.25, 0.3) is 0 Å². The second-order valence-electron chi connectivity index (χ2n) is 4.87. The monoisotopic (exact) mass is 281 g/mol. The van der Waals surface area contributed by atoms with Crippen molar-refractivity contribution in [3.8, 4) is 0 Å². The minimum atomic E-state index is -0.219. The molecule has 1 heterocycles. The van der Waals surface area contributed by atoms with Gasteiger partial charge in [-0.05, 0) is 35.4 Å². The molecule has 0 amide bonds. The van der Waals surface area contributed by atoms with Crippen LogP contribution in [0, 0.1) is 5.82 Å². The number of rotatable bonds is 5. The van der Waals surface area contributed by atoms with Crippen LogP contribution in [0.5, 0.6) is 0 Å². The van der Waals surface area contributed by atoms with Crippen LogP contribution in [0.2, 0.25) is 0 Å². The number of hydrogen-bond donors (Lipinski definition) is 1. The highest BCUT2D eigenvalue weighted by molar-refractivity contribution is 5.27. The first-order chi connectivity index (χ1) is 10.3. The number of furan rings is 1. The standard InChI is InChI=1S/C18H16FNO/c19-16-9-4-6-14(12-16)13-20-18(17-10-5-11-21-17)15-7-2-1-3-8-15/h1-12,18,20H,13H2. The molecule has 0 spiro atoms. The minimum absolute atomic E-state index is 0.0514. The number of hydrogen-bond acceptors (Lipinski definition) is 2. The highest BCUT2D eigenvalue weighted by atomic mass is 19.1. The summed E-state index contributed by atoms with van der Waals surface area (Å²) in [6.45, 7) is 0.567. The molecule has 1 unspecified atom stereocenters. The maximum absolute atomic E-state index is 13.2. The van der Waals surface area contributed by atoms with Gasteiger partial charge in [-0.25, -0.2) is 4.39 Å². The molecule has 0 radical (unpaired) electrons. The van der Waals surface area contributed by atoms with Crippen LogP contribution in [0.1, 0.15) is 22.9 Å². The molecule has 0 saturated heterocycles. The lowest BCUT2D eigenvalue weighted by Gasteiger charge is -2.17. The molecular formula is C18H16FNO. The van der Waals surface area contributed by atoms with E-state index in [4.69, 9.17) is 4.42 Å². The molecule has 0 aliphatic heterocycles. The Morgan fingerprint density at radius 2 is 1.81 bits per heavy atom. The van der Waals surface area contributed by atoms with E-state index in [1.54, 1.807) is 12.3 Å². The van der Waals surface area contributed by atoms with Crippen molar-refractivity contribution >= 4 is 0 Å². The van der Waals surface area contributed by atoms with Crippen molar-refractivity contribution < 1.29 is 8.81 Å².